The normalized spacial score (nSPS) is 10.8. The Hall–Kier alpha value is -2.58. The number of carbonyl (C=O) groups is 1. The van der Waals surface area contributed by atoms with Gasteiger partial charge in [-0.3, -0.25) is 0 Å². The third-order valence-corrected chi connectivity index (χ3v) is 3.33. The van der Waals surface area contributed by atoms with Crippen molar-refractivity contribution in [3.05, 3.63) is 58.4 Å². The van der Waals surface area contributed by atoms with Gasteiger partial charge < -0.3 is 10.4 Å². The van der Waals surface area contributed by atoms with Gasteiger partial charge in [0.15, 0.2) is 0 Å². The third kappa shape index (κ3) is 3.21. The number of anilines is 1. The number of allylic oxidation sites excluding steroid dienone is 1. The average molecular weight is 270 g/mol. The highest BCUT2D eigenvalue weighted by molar-refractivity contribution is 7.11. The number of aromatic carboxylic acids is 1. The van der Waals surface area contributed by atoms with Gasteiger partial charge in [-0.15, -0.1) is 11.3 Å². The molecule has 0 aliphatic rings. The summed E-state index contributed by atoms with van der Waals surface area (Å²) in [6, 6.07) is 12.2. The van der Waals surface area contributed by atoms with Crippen LogP contribution in [0.15, 0.2) is 48.0 Å². The van der Waals surface area contributed by atoms with Crippen molar-refractivity contribution in [3.8, 4) is 6.07 Å². The highest BCUT2D eigenvalue weighted by Gasteiger charge is 2.02. The molecular weight excluding hydrogens is 260 g/mol. The Bertz CT molecular complexity index is 637. The number of rotatable bonds is 4. The Balaban J connectivity index is 2.13. The lowest BCUT2D eigenvalue weighted by molar-refractivity contribution is 0.0697. The number of hydrogen-bond acceptors (Lipinski definition) is 4. The van der Waals surface area contributed by atoms with E-state index >= 15 is 0 Å². The van der Waals surface area contributed by atoms with Crippen molar-refractivity contribution in [2.24, 2.45) is 0 Å². The number of hydrogen-bond donors (Lipinski definition) is 2. The van der Waals surface area contributed by atoms with Crippen LogP contribution in [0.25, 0.3) is 5.57 Å². The van der Waals surface area contributed by atoms with Crippen LogP contribution in [0.5, 0.6) is 0 Å². The largest absolute Gasteiger partial charge is 0.478 e. The van der Waals surface area contributed by atoms with Crippen LogP contribution in [-0.4, -0.2) is 11.1 Å². The zero-order valence-electron chi connectivity index (χ0n) is 9.83. The van der Waals surface area contributed by atoms with Gasteiger partial charge in [-0.25, -0.2) is 4.79 Å². The minimum absolute atomic E-state index is 0.230. The first-order valence-electron chi connectivity index (χ1n) is 5.45. The number of nitrogens with one attached hydrogen (secondary N) is 1. The molecule has 0 unspecified atom stereocenters. The van der Waals surface area contributed by atoms with E-state index in [0.717, 1.165) is 10.6 Å². The number of thiophene rings is 1. The van der Waals surface area contributed by atoms with E-state index in [4.69, 9.17) is 10.4 Å². The molecule has 1 aromatic heterocycles. The monoisotopic (exact) mass is 270 g/mol. The molecule has 5 heteroatoms. The molecule has 2 rings (SSSR count). The second-order valence-corrected chi connectivity index (χ2v) is 4.62. The molecule has 0 spiro atoms. The van der Waals surface area contributed by atoms with E-state index in [1.807, 2.05) is 17.5 Å². The highest BCUT2D eigenvalue weighted by atomic mass is 32.1. The van der Waals surface area contributed by atoms with E-state index in [1.165, 1.54) is 23.5 Å². The number of nitriles is 1. The Morgan fingerprint density at radius 3 is 2.58 bits per heavy atom. The Morgan fingerprint density at radius 1 is 1.32 bits per heavy atom. The Kier molecular flexibility index (Phi) is 3.96. The van der Waals surface area contributed by atoms with E-state index < -0.39 is 5.97 Å². The van der Waals surface area contributed by atoms with Gasteiger partial charge in [0.05, 0.1) is 11.1 Å². The van der Waals surface area contributed by atoms with Crippen molar-refractivity contribution in [2.45, 2.75) is 0 Å². The molecule has 4 nitrogen and oxygen atoms in total. The molecule has 0 radical (unpaired) electrons. The maximum Gasteiger partial charge on any atom is 0.335 e. The molecular formula is C14H10N2O2S. The lowest BCUT2D eigenvalue weighted by Gasteiger charge is -2.02. The van der Waals surface area contributed by atoms with Gasteiger partial charge in [0.1, 0.15) is 6.07 Å². The zero-order valence-corrected chi connectivity index (χ0v) is 10.6. The van der Waals surface area contributed by atoms with Crippen molar-refractivity contribution < 1.29 is 9.90 Å². The van der Waals surface area contributed by atoms with E-state index in [-0.39, 0.29) is 5.56 Å². The minimum atomic E-state index is -0.960. The summed E-state index contributed by atoms with van der Waals surface area (Å²) >= 11 is 1.49. The number of benzene rings is 1. The molecule has 0 fully saturated rings. The summed E-state index contributed by atoms with van der Waals surface area (Å²) in [5, 5.41) is 22.7. The fourth-order valence-electron chi connectivity index (χ4n) is 1.45. The molecule has 94 valence electrons. The van der Waals surface area contributed by atoms with Crippen molar-refractivity contribution in [3.63, 3.8) is 0 Å². The summed E-state index contributed by atoms with van der Waals surface area (Å²) in [6.45, 7) is 0. The standard InChI is InChI=1S/C14H10N2O2S/c15-8-11(13-2-1-7-19-13)9-16-12-5-3-10(4-6-12)14(17)18/h1-7,9,16H,(H,17,18)/b11-9-. The van der Waals surface area contributed by atoms with Crippen LogP contribution in [0.4, 0.5) is 5.69 Å². The predicted molar refractivity (Wildman–Crippen MR) is 74.9 cm³/mol. The number of carboxylic acids is 1. The third-order valence-electron chi connectivity index (χ3n) is 2.42. The van der Waals surface area contributed by atoms with Crippen molar-refractivity contribution >= 4 is 28.6 Å². The van der Waals surface area contributed by atoms with Gasteiger partial charge in [-0.05, 0) is 35.7 Å². The van der Waals surface area contributed by atoms with Crippen LogP contribution in [0.3, 0.4) is 0 Å². The van der Waals surface area contributed by atoms with Crippen LogP contribution in [0.2, 0.25) is 0 Å². The average Bonchev–Trinajstić information content (AvgIpc) is 2.94. The van der Waals surface area contributed by atoms with Crippen molar-refractivity contribution in [1.29, 1.82) is 5.26 Å². The summed E-state index contributed by atoms with van der Waals surface area (Å²) < 4.78 is 0. The first-order chi connectivity index (χ1) is 9.20. The van der Waals surface area contributed by atoms with E-state index in [0.29, 0.717) is 5.57 Å². The molecule has 2 N–H and O–H groups in total. The van der Waals surface area contributed by atoms with Crippen LogP contribution in [0, 0.1) is 11.3 Å². The van der Waals surface area contributed by atoms with Crippen molar-refractivity contribution in [1.82, 2.24) is 0 Å². The van der Waals surface area contributed by atoms with E-state index in [1.54, 1.807) is 18.3 Å². The number of carboxylic acid groups (broad SMARTS) is 1. The van der Waals surface area contributed by atoms with Gasteiger partial charge >= 0.3 is 5.97 Å². The molecule has 1 aromatic carbocycles. The molecule has 0 saturated heterocycles. The topological polar surface area (TPSA) is 73.1 Å². The maximum absolute atomic E-state index is 10.7. The van der Waals surface area contributed by atoms with Crippen LogP contribution >= 0.6 is 11.3 Å². The molecule has 0 aliphatic heterocycles. The molecule has 1 heterocycles. The smallest absolute Gasteiger partial charge is 0.335 e. The lowest BCUT2D eigenvalue weighted by Crippen LogP contribution is -1.96. The van der Waals surface area contributed by atoms with Gasteiger partial charge in [0, 0.05) is 16.8 Å². The maximum atomic E-state index is 10.7. The first kappa shape index (κ1) is 12.9. The van der Waals surface area contributed by atoms with Crippen LogP contribution in [0.1, 0.15) is 15.2 Å². The quantitative estimate of drug-likeness (QED) is 0.835. The summed E-state index contributed by atoms with van der Waals surface area (Å²) in [5.41, 5.74) is 1.50. The zero-order chi connectivity index (χ0) is 13.7. The second kappa shape index (κ2) is 5.85. The highest BCUT2D eigenvalue weighted by Crippen LogP contribution is 2.19. The van der Waals surface area contributed by atoms with E-state index in [2.05, 4.69) is 11.4 Å². The molecule has 19 heavy (non-hydrogen) atoms. The van der Waals surface area contributed by atoms with Gasteiger partial charge in [-0.1, -0.05) is 6.07 Å². The molecule has 0 atom stereocenters. The first-order valence-corrected chi connectivity index (χ1v) is 6.32. The predicted octanol–water partition coefficient (Wildman–Crippen LogP) is 3.42. The van der Waals surface area contributed by atoms with Gasteiger partial charge in [0.2, 0.25) is 0 Å². The van der Waals surface area contributed by atoms with Gasteiger partial charge in [0.25, 0.3) is 0 Å². The summed E-state index contributed by atoms with van der Waals surface area (Å²) in [4.78, 5) is 11.6. The minimum Gasteiger partial charge on any atom is -0.478 e. The lowest BCUT2D eigenvalue weighted by atomic mass is 10.2. The summed E-state index contributed by atoms with van der Waals surface area (Å²) in [7, 11) is 0. The van der Waals surface area contributed by atoms with Gasteiger partial charge in [-0.2, -0.15) is 5.26 Å². The Labute approximate surface area is 114 Å². The second-order valence-electron chi connectivity index (χ2n) is 3.67. The van der Waals surface area contributed by atoms with Crippen molar-refractivity contribution in [2.75, 3.05) is 5.32 Å². The summed E-state index contributed by atoms with van der Waals surface area (Å²) in [5.74, 6) is -0.960. The van der Waals surface area contributed by atoms with Crippen LogP contribution < -0.4 is 5.32 Å². The molecule has 2 aromatic rings. The van der Waals surface area contributed by atoms with E-state index in [9.17, 15) is 4.79 Å². The summed E-state index contributed by atoms with van der Waals surface area (Å²) in [6.07, 6.45) is 1.61. The SMILES string of the molecule is N#C/C(=C/Nc1ccc(C(=O)O)cc1)c1cccs1. The number of nitrogens with zero attached hydrogens (tertiary/aromatic N) is 1. The molecule has 0 bridgehead atoms. The molecule has 0 saturated carbocycles. The van der Waals surface area contributed by atoms with Crippen LogP contribution in [-0.2, 0) is 0 Å². The molecule has 0 aliphatic carbocycles. The molecule has 0 amide bonds. The fourth-order valence-corrected chi connectivity index (χ4v) is 2.15. The fraction of sp³-hybridized carbons (Fsp3) is 0. The Morgan fingerprint density at radius 2 is 2.05 bits per heavy atom.